The fraction of sp³-hybridized carbons (Fsp3) is 0.636. The lowest BCUT2D eigenvalue weighted by Crippen LogP contribution is -2.42. The van der Waals surface area contributed by atoms with Crippen molar-refractivity contribution >= 4 is 15.9 Å². The van der Waals surface area contributed by atoms with Gasteiger partial charge in [-0.1, -0.05) is 0 Å². The molecule has 0 spiro atoms. The minimum absolute atomic E-state index is 0.0157. The zero-order chi connectivity index (χ0) is 14.5. The minimum Gasteiger partial charge on any atom is -0.373 e. The zero-order valence-corrected chi connectivity index (χ0v) is 11.7. The second-order valence-electron chi connectivity index (χ2n) is 5.26. The first-order valence-electron chi connectivity index (χ1n) is 6.40. The number of carbonyl (C=O) groups excluding carboxylic acids is 1. The van der Waals surface area contributed by atoms with Gasteiger partial charge in [0.2, 0.25) is 10.0 Å². The van der Waals surface area contributed by atoms with Crippen LogP contribution in [0.4, 0.5) is 0 Å². The fourth-order valence-electron chi connectivity index (χ4n) is 2.95. The quantitative estimate of drug-likeness (QED) is 0.688. The fourth-order valence-corrected chi connectivity index (χ4v) is 3.83. The van der Waals surface area contributed by atoms with Crippen LogP contribution in [0.25, 0.3) is 0 Å². The van der Waals surface area contributed by atoms with Gasteiger partial charge in [-0.3, -0.25) is 9.89 Å². The summed E-state index contributed by atoms with van der Waals surface area (Å²) in [7, 11) is -4.00. The molecule has 0 radical (unpaired) electrons. The molecule has 1 amide bonds. The highest BCUT2D eigenvalue weighted by Crippen LogP contribution is 2.34. The zero-order valence-electron chi connectivity index (χ0n) is 10.9. The number of hydrogen-bond donors (Lipinski definition) is 3. The molecule has 1 aromatic rings. The molecule has 3 atom stereocenters. The molecule has 4 N–H and O–H groups in total. The maximum absolute atomic E-state index is 12.2. The molecule has 2 aliphatic heterocycles. The molecule has 9 heteroatoms. The van der Waals surface area contributed by atoms with Crippen molar-refractivity contribution in [3.05, 3.63) is 11.4 Å². The first-order chi connectivity index (χ1) is 9.36. The van der Waals surface area contributed by atoms with E-state index in [0.717, 1.165) is 19.3 Å². The van der Waals surface area contributed by atoms with Gasteiger partial charge < -0.3 is 10.1 Å². The van der Waals surface area contributed by atoms with Crippen LogP contribution in [0.1, 0.15) is 35.4 Å². The van der Waals surface area contributed by atoms with Crippen LogP contribution in [-0.2, 0) is 14.8 Å². The van der Waals surface area contributed by atoms with E-state index in [-0.39, 0.29) is 34.5 Å². The SMILES string of the molecule is Cc1[nH]nc(C(=O)NC2CC3CCC2O3)c1S(N)(=O)=O. The number of hydrogen-bond acceptors (Lipinski definition) is 5. The number of nitrogens with zero attached hydrogens (tertiary/aromatic N) is 1. The molecule has 20 heavy (non-hydrogen) atoms. The number of carbonyl (C=O) groups is 1. The molecule has 3 unspecified atom stereocenters. The van der Waals surface area contributed by atoms with Crippen LogP contribution < -0.4 is 10.5 Å². The number of nitrogens with two attached hydrogens (primary N) is 1. The molecule has 1 aromatic heterocycles. The van der Waals surface area contributed by atoms with E-state index in [1.165, 1.54) is 6.92 Å². The average molecular weight is 300 g/mol. The van der Waals surface area contributed by atoms with Gasteiger partial charge in [-0.25, -0.2) is 13.6 Å². The summed E-state index contributed by atoms with van der Waals surface area (Å²) in [4.78, 5) is 11.9. The van der Waals surface area contributed by atoms with Crippen molar-refractivity contribution < 1.29 is 17.9 Å². The molecule has 8 nitrogen and oxygen atoms in total. The normalized spacial score (nSPS) is 28.8. The van der Waals surface area contributed by atoms with E-state index in [4.69, 9.17) is 9.88 Å². The van der Waals surface area contributed by atoms with Crippen molar-refractivity contribution in [3.8, 4) is 0 Å². The average Bonchev–Trinajstić information content (AvgIpc) is 3.01. The van der Waals surface area contributed by atoms with Crippen LogP contribution in [0.2, 0.25) is 0 Å². The Morgan fingerprint density at radius 3 is 2.80 bits per heavy atom. The molecule has 2 fully saturated rings. The third kappa shape index (κ3) is 2.21. The molecule has 2 aliphatic rings. The lowest BCUT2D eigenvalue weighted by molar-refractivity contribution is 0.0835. The number of nitrogens with one attached hydrogen (secondary N) is 2. The van der Waals surface area contributed by atoms with Gasteiger partial charge in [-0.05, 0) is 26.2 Å². The topological polar surface area (TPSA) is 127 Å². The molecule has 2 bridgehead atoms. The van der Waals surface area contributed by atoms with E-state index in [9.17, 15) is 13.2 Å². The van der Waals surface area contributed by atoms with Crippen LogP contribution in [0.5, 0.6) is 0 Å². The van der Waals surface area contributed by atoms with Gasteiger partial charge >= 0.3 is 0 Å². The summed E-state index contributed by atoms with van der Waals surface area (Å²) in [5.74, 6) is -0.542. The van der Waals surface area contributed by atoms with Gasteiger partial charge in [0.15, 0.2) is 5.69 Å². The van der Waals surface area contributed by atoms with Crippen molar-refractivity contribution in [3.63, 3.8) is 0 Å². The number of aromatic amines is 1. The number of sulfonamides is 1. The third-order valence-corrected chi connectivity index (χ3v) is 4.88. The van der Waals surface area contributed by atoms with Crippen LogP contribution in [-0.4, -0.2) is 42.8 Å². The molecule has 2 saturated heterocycles. The summed E-state index contributed by atoms with van der Waals surface area (Å²) in [6.07, 6.45) is 2.90. The van der Waals surface area contributed by atoms with Crippen molar-refractivity contribution in [2.75, 3.05) is 0 Å². The molecule has 0 aromatic carbocycles. The van der Waals surface area contributed by atoms with Gasteiger partial charge in [-0.2, -0.15) is 5.10 Å². The van der Waals surface area contributed by atoms with Gasteiger partial charge in [-0.15, -0.1) is 0 Å². The van der Waals surface area contributed by atoms with Crippen LogP contribution >= 0.6 is 0 Å². The highest BCUT2D eigenvalue weighted by molar-refractivity contribution is 7.89. The lowest BCUT2D eigenvalue weighted by atomic mass is 9.95. The Morgan fingerprint density at radius 1 is 1.50 bits per heavy atom. The van der Waals surface area contributed by atoms with Gasteiger partial charge in [0.05, 0.1) is 23.9 Å². The first kappa shape index (κ1) is 13.5. The predicted molar refractivity (Wildman–Crippen MR) is 68.5 cm³/mol. The standard InChI is InChI=1S/C11H16N4O4S/c1-5-10(20(12,17)18)9(15-14-5)11(16)13-7-4-6-2-3-8(7)19-6/h6-8H,2-4H2,1H3,(H,13,16)(H,14,15)(H2,12,17,18). The van der Waals surface area contributed by atoms with Crippen LogP contribution in [0, 0.1) is 6.92 Å². The largest absolute Gasteiger partial charge is 0.373 e. The number of primary sulfonamides is 1. The minimum atomic E-state index is -4.00. The van der Waals surface area contributed by atoms with Crippen molar-refractivity contribution in [2.24, 2.45) is 5.14 Å². The summed E-state index contributed by atoms with van der Waals surface area (Å²) in [6, 6.07) is -0.0911. The van der Waals surface area contributed by atoms with Gasteiger partial charge in [0, 0.05) is 0 Å². The van der Waals surface area contributed by atoms with Crippen molar-refractivity contribution in [1.29, 1.82) is 0 Å². The number of aryl methyl sites for hydroxylation is 1. The second-order valence-corrected chi connectivity index (χ2v) is 6.76. The summed E-state index contributed by atoms with van der Waals surface area (Å²) in [5, 5.41) is 14.1. The Kier molecular flexibility index (Phi) is 3.07. The van der Waals surface area contributed by atoms with E-state index in [1.807, 2.05) is 0 Å². The molecule has 0 saturated carbocycles. The Balaban J connectivity index is 1.82. The Morgan fingerprint density at radius 2 is 2.25 bits per heavy atom. The Labute approximate surface area is 116 Å². The summed E-state index contributed by atoms with van der Waals surface area (Å²) in [5.41, 5.74) is 0.0645. The predicted octanol–water partition coefficient (Wildman–Crippen LogP) is -0.585. The maximum Gasteiger partial charge on any atom is 0.273 e. The van der Waals surface area contributed by atoms with Crippen LogP contribution in [0.15, 0.2) is 4.90 Å². The number of aromatic nitrogens is 2. The molecule has 110 valence electrons. The van der Waals surface area contributed by atoms with Gasteiger partial charge in [0.25, 0.3) is 5.91 Å². The summed E-state index contributed by atoms with van der Waals surface area (Å²) < 4.78 is 28.7. The molecule has 3 heterocycles. The highest BCUT2D eigenvalue weighted by atomic mass is 32.2. The molecular weight excluding hydrogens is 284 g/mol. The number of amides is 1. The van der Waals surface area contributed by atoms with E-state index in [2.05, 4.69) is 15.5 Å². The number of ether oxygens (including phenoxy) is 1. The monoisotopic (exact) mass is 300 g/mol. The summed E-state index contributed by atoms with van der Waals surface area (Å²) >= 11 is 0. The number of fused-ring (bicyclic) bond motifs is 2. The van der Waals surface area contributed by atoms with E-state index < -0.39 is 15.9 Å². The Bertz CT molecular complexity index is 653. The van der Waals surface area contributed by atoms with Crippen LogP contribution in [0.3, 0.4) is 0 Å². The highest BCUT2D eigenvalue weighted by Gasteiger charge is 2.42. The smallest absolute Gasteiger partial charge is 0.273 e. The van der Waals surface area contributed by atoms with Gasteiger partial charge in [0.1, 0.15) is 4.90 Å². The lowest BCUT2D eigenvalue weighted by Gasteiger charge is -2.19. The third-order valence-electron chi connectivity index (χ3n) is 3.81. The van der Waals surface area contributed by atoms with E-state index in [0.29, 0.717) is 0 Å². The Hall–Kier alpha value is -1.45. The van der Waals surface area contributed by atoms with Crippen molar-refractivity contribution in [1.82, 2.24) is 15.5 Å². The van der Waals surface area contributed by atoms with E-state index in [1.54, 1.807) is 0 Å². The molecule has 0 aliphatic carbocycles. The molecular formula is C11H16N4O4S. The first-order valence-corrected chi connectivity index (χ1v) is 7.95. The number of rotatable bonds is 3. The second kappa shape index (κ2) is 4.54. The molecule has 3 rings (SSSR count). The maximum atomic E-state index is 12.2. The van der Waals surface area contributed by atoms with E-state index >= 15 is 0 Å². The number of H-pyrrole nitrogens is 1. The van der Waals surface area contributed by atoms with Crippen molar-refractivity contribution in [2.45, 2.75) is 49.3 Å². The summed E-state index contributed by atoms with van der Waals surface area (Å²) in [6.45, 7) is 1.50.